The van der Waals surface area contributed by atoms with E-state index >= 15 is 0 Å². The number of unbranched alkanes of at least 4 members (excludes halogenated alkanes) is 2. The van der Waals surface area contributed by atoms with Gasteiger partial charge in [-0.15, -0.1) is 0 Å². The fraction of sp³-hybridized carbons (Fsp3) is 0.917. The molecule has 0 heterocycles. The van der Waals surface area contributed by atoms with Crippen LogP contribution in [0.5, 0.6) is 0 Å². The lowest BCUT2D eigenvalue weighted by Crippen LogP contribution is -2.03. The quantitative estimate of drug-likeness (QED) is 0.589. The van der Waals surface area contributed by atoms with Crippen LogP contribution in [-0.4, -0.2) is 34.0 Å². The molecule has 0 aromatic carbocycles. The molecule has 0 spiro atoms. The molecule has 98 valence electrons. The Labute approximate surface area is 98.3 Å². The van der Waals surface area contributed by atoms with Crippen molar-refractivity contribution in [2.24, 2.45) is 5.92 Å². The summed E-state index contributed by atoms with van der Waals surface area (Å²) in [6.45, 7) is 5.77. The average Bonchev–Trinajstić information content (AvgIpc) is 2.17. The van der Waals surface area contributed by atoms with E-state index in [1.54, 1.807) is 0 Å². The van der Waals surface area contributed by atoms with Crippen LogP contribution in [0.25, 0.3) is 0 Å². The molecule has 3 N–H and O–H groups in total. The first-order valence-electron chi connectivity index (χ1n) is 5.90. The Kier molecular flexibility index (Phi) is 13.8. The fourth-order valence-electron chi connectivity index (χ4n) is 1.01. The Hall–Kier alpha value is -0.610. The number of carboxylic acid groups (broad SMARTS) is 1. The van der Waals surface area contributed by atoms with Crippen LogP contribution in [0.4, 0.5) is 0 Å². The summed E-state index contributed by atoms with van der Waals surface area (Å²) in [5.41, 5.74) is 0. The minimum absolute atomic E-state index is 0.139. The van der Waals surface area contributed by atoms with Crippen molar-refractivity contribution in [1.82, 2.24) is 0 Å². The van der Waals surface area contributed by atoms with Crippen molar-refractivity contribution < 1.29 is 20.1 Å². The molecule has 0 fully saturated rings. The second kappa shape index (κ2) is 12.5. The number of hydrogen-bond donors (Lipinski definition) is 3. The van der Waals surface area contributed by atoms with Crippen molar-refractivity contribution in [2.75, 3.05) is 6.61 Å². The lowest BCUT2D eigenvalue weighted by Gasteiger charge is -2.02. The molecule has 0 saturated carbocycles. The molecule has 0 aromatic rings. The highest BCUT2D eigenvalue weighted by molar-refractivity contribution is 5.66. The molecule has 0 bridgehead atoms. The monoisotopic (exact) mass is 234 g/mol. The van der Waals surface area contributed by atoms with Crippen LogP contribution in [0.1, 0.15) is 52.9 Å². The second-order valence-electron chi connectivity index (χ2n) is 4.42. The van der Waals surface area contributed by atoms with Gasteiger partial charge in [0.1, 0.15) is 0 Å². The van der Waals surface area contributed by atoms with E-state index in [1.807, 2.05) is 0 Å². The summed E-state index contributed by atoms with van der Waals surface area (Å²) in [7, 11) is 0. The highest BCUT2D eigenvalue weighted by Crippen LogP contribution is 2.08. The van der Waals surface area contributed by atoms with E-state index in [-0.39, 0.29) is 6.61 Å². The maximum atomic E-state index is 10.1. The molecule has 4 nitrogen and oxygen atoms in total. The zero-order chi connectivity index (χ0) is 13.0. The first-order chi connectivity index (χ1) is 7.40. The van der Waals surface area contributed by atoms with Crippen LogP contribution < -0.4 is 0 Å². The van der Waals surface area contributed by atoms with Gasteiger partial charge < -0.3 is 15.3 Å². The van der Waals surface area contributed by atoms with Gasteiger partial charge in [-0.25, -0.2) is 0 Å². The van der Waals surface area contributed by atoms with E-state index in [1.165, 1.54) is 19.8 Å². The molecular weight excluding hydrogens is 208 g/mol. The molecule has 0 radical (unpaired) electrons. The van der Waals surface area contributed by atoms with Crippen LogP contribution in [0.15, 0.2) is 0 Å². The molecule has 1 unspecified atom stereocenters. The Balaban J connectivity index is 0. The zero-order valence-corrected chi connectivity index (χ0v) is 10.6. The molecule has 0 aliphatic carbocycles. The molecule has 0 aliphatic rings. The van der Waals surface area contributed by atoms with Crippen LogP contribution in [0, 0.1) is 5.92 Å². The third kappa shape index (κ3) is 23.3. The molecule has 0 aliphatic heterocycles. The number of hydrogen-bond acceptors (Lipinski definition) is 3. The highest BCUT2D eigenvalue weighted by Gasteiger charge is 1.97. The van der Waals surface area contributed by atoms with Gasteiger partial charge in [0.2, 0.25) is 0 Å². The van der Waals surface area contributed by atoms with Crippen LogP contribution in [0.3, 0.4) is 0 Å². The SMILES string of the molecule is CC(C)CCCCCC(=O)O.CC(O)CO. The van der Waals surface area contributed by atoms with Gasteiger partial charge in [-0.3, -0.25) is 4.79 Å². The summed E-state index contributed by atoms with van der Waals surface area (Å²) >= 11 is 0. The van der Waals surface area contributed by atoms with Gasteiger partial charge in [0.25, 0.3) is 0 Å². The summed E-state index contributed by atoms with van der Waals surface area (Å²) < 4.78 is 0. The standard InChI is InChI=1S/C9H18O2.C3H8O2/c1-8(2)6-4-3-5-7-9(10)11;1-3(5)2-4/h8H,3-7H2,1-2H3,(H,10,11);3-5H,2H2,1H3. The summed E-state index contributed by atoms with van der Waals surface area (Å²) in [5, 5.41) is 24.3. The largest absolute Gasteiger partial charge is 0.481 e. The normalized spacial score (nSPS) is 11.9. The minimum atomic E-state index is -0.672. The van der Waals surface area contributed by atoms with Gasteiger partial charge in [0.15, 0.2) is 0 Å². The van der Waals surface area contributed by atoms with E-state index in [0.29, 0.717) is 6.42 Å². The molecular formula is C12H26O4. The Bertz CT molecular complexity index is 155. The summed E-state index contributed by atoms with van der Waals surface area (Å²) in [5.74, 6) is 0.0781. The van der Waals surface area contributed by atoms with E-state index in [2.05, 4.69) is 13.8 Å². The molecule has 4 heteroatoms. The number of aliphatic hydroxyl groups excluding tert-OH is 2. The average molecular weight is 234 g/mol. The van der Waals surface area contributed by atoms with Gasteiger partial charge in [0, 0.05) is 6.42 Å². The van der Waals surface area contributed by atoms with E-state index in [4.69, 9.17) is 15.3 Å². The van der Waals surface area contributed by atoms with Crippen molar-refractivity contribution in [3.63, 3.8) is 0 Å². The predicted molar refractivity (Wildman–Crippen MR) is 64.3 cm³/mol. The van der Waals surface area contributed by atoms with Crippen molar-refractivity contribution in [3.05, 3.63) is 0 Å². The molecule has 0 amide bonds. The Morgan fingerprint density at radius 3 is 1.94 bits per heavy atom. The van der Waals surface area contributed by atoms with Gasteiger partial charge in [0.05, 0.1) is 12.7 Å². The lowest BCUT2D eigenvalue weighted by molar-refractivity contribution is -0.137. The number of carboxylic acids is 1. The number of aliphatic carboxylic acids is 1. The highest BCUT2D eigenvalue weighted by atomic mass is 16.4. The predicted octanol–water partition coefficient (Wildman–Crippen LogP) is 2.04. The number of rotatable bonds is 7. The van der Waals surface area contributed by atoms with E-state index < -0.39 is 12.1 Å². The lowest BCUT2D eigenvalue weighted by atomic mass is 10.0. The fourth-order valence-corrected chi connectivity index (χ4v) is 1.01. The maximum absolute atomic E-state index is 10.1. The van der Waals surface area contributed by atoms with Gasteiger partial charge in [-0.05, 0) is 19.3 Å². The van der Waals surface area contributed by atoms with Crippen molar-refractivity contribution in [2.45, 2.75) is 59.0 Å². The summed E-state index contributed by atoms with van der Waals surface area (Å²) in [6.07, 6.45) is 4.06. The Morgan fingerprint density at radius 2 is 1.62 bits per heavy atom. The van der Waals surface area contributed by atoms with E-state index in [9.17, 15) is 4.79 Å². The molecule has 0 saturated heterocycles. The molecule has 16 heavy (non-hydrogen) atoms. The van der Waals surface area contributed by atoms with Gasteiger partial charge in [-0.2, -0.15) is 0 Å². The molecule has 1 atom stereocenters. The number of aliphatic hydroxyl groups is 2. The molecule has 0 rings (SSSR count). The van der Waals surface area contributed by atoms with Gasteiger partial charge >= 0.3 is 5.97 Å². The third-order valence-corrected chi connectivity index (χ3v) is 1.94. The topological polar surface area (TPSA) is 77.8 Å². The third-order valence-electron chi connectivity index (χ3n) is 1.94. The first kappa shape index (κ1) is 17.8. The zero-order valence-electron chi connectivity index (χ0n) is 10.6. The Morgan fingerprint density at radius 1 is 1.12 bits per heavy atom. The van der Waals surface area contributed by atoms with Gasteiger partial charge in [-0.1, -0.05) is 33.1 Å². The van der Waals surface area contributed by atoms with Crippen molar-refractivity contribution >= 4 is 5.97 Å². The van der Waals surface area contributed by atoms with E-state index in [0.717, 1.165) is 18.8 Å². The first-order valence-corrected chi connectivity index (χ1v) is 5.90. The maximum Gasteiger partial charge on any atom is 0.303 e. The summed E-state index contributed by atoms with van der Waals surface area (Å²) in [6, 6.07) is 0. The molecule has 0 aromatic heterocycles. The minimum Gasteiger partial charge on any atom is -0.481 e. The van der Waals surface area contributed by atoms with Crippen LogP contribution >= 0.6 is 0 Å². The van der Waals surface area contributed by atoms with Crippen molar-refractivity contribution in [1.29, 1.82) is 0 Å². The van der Waals surface area contributed by atoms with Crippen LogP contribution in [-0.2, 0) is 4.79 Å². The smallest absolute Gasteiger partial charge is 0.303 e. The van der Waals surface area contributed by atoms with Crippen molar-refractivity contribution in [3.8, 4) is 0 Å². The van der Waals surface area contributed by atoms with Crippen LogP contribution in [0.2, 0.25) is 0 Å². The second-order valence-corrected chi connectivity index (χ2v) is 4.42. The summed E-state index contributed by atoms with van der Waals surface area (Å²) in [4.78, 5) is 10.1. The number of carbonyl (C=O) groups is 1.